The van der Waals surface area contributed by atoms with E-state index in [1.54, 1.807) is 19.2 Å². The largest absolute Gasteiger partial charge is 0.381 e. The van der Waals surface area contributed by atoms with Crippen molar-refractivity contribution in [2.45, 2.75) is 22.9 Å². The molecule has 0 radical (unpaired) electrons. The van der Waals surface area contributed by atoms with Gasteiger partial charge in [0.1, 0.15) is 4.21 Å². The van der Waals surface area contributed by atoms with Gasteiger partial charge in [0, 0.05) is 31.7 Å². The Morgan fingerprint density at radius 2 is 2.11 bits per heavy atom. The average Bonchev–Trinajstić information content (AvgIpc) is 2.89. The Morgan fingerprint density at radius 3 is 2.68 bits per heavy atom. The Kier molecular flexibility index (Phi) is 5.25. The van der Waals surface area contributed by atoms with Crippen molar-refractivity contribution in [3.05, 3.63) is 17.0 Å². The van der Waals surface area contributed by atoms with E-state index in [0.717, 1.165) is 30.9 Å². The second-order valence-corrected chi connectivity index (χ2v) is 8.40. The van der Waals surface area contributed by atoms with Gasteiger partial charge < -0.3 is 4.74 Å². The van der Waals surface area contributed by atoms with Gasteiger partial charge in [-0.3, -0.25) is 0 Å². The van der Waals surface area contributed by atoms with Crippen LogP contribution in [0.2, 0.25) is 0 Å². The second kappa shape index (κ2) is 6.54. The molecule has 1 fully saturated rings. The van der Waals surface area contributed by atoms with Crippen LogP contribution in [0.5, 0.6) is 0 Å². The predicted molar refractivity (Wildman–Crippen MR) is 77.2 cm³/mol. The van der Waals surface area contributed by atoms with E-state index >= 15 is 0 Å². The molecule has 0 unspecified atom stereocenters. The molecule has 1 aromatic rings. The SMILES string of the molecule is CN(CC1CCOCC1)S(=O)(=O)c1ccc(CCl)s1. The summed E-state index contributed by atoms with van der Waals surface area (Å²) in [5, 5.41) is 0. The van der Waals surface area contributed by atoms with Crippen molar-refractivity contribution in [3.8, 4) is 0 Å². The number of halogens is 1. The summed E-state index contributed by atoms with van der Waals surface area (Å²) in [5.74, 6) is 0.741. The van der Waals surface area contributed by atoms with E-state index in [1.165, 1.54) is 15.6 Å². The topological polar surface area (TPSA) is 46.6 Å². The molecule has 4 nitrogen and oxygen atoms in total. The molecular weight excluding hydrogens is 306 g/mol. The van der Waals surface area contributed by atoms with Gasteiger partial charge in [-0.25, -0.2) is 8.42 Å². The van der Waals surface area contributed by atoms with Crippen LogP contribution >= 0.6 is 22.9 Å². The molecular formula is C12H18ClNO3S2. The Labute approximate surface area is 123 Å². The standard InChI is InChI=1S/C12H18ClNO3S2/c1-14(9-10-4-6-17-7-5-10)19(15,16)12-3-2-11(8-13)18-12/h2-3,10H,4-9H2,1H3. The smallest absolute Gasteiger partial charge is 0.252 e. The molecule has 0 atom stereocenters. The van der Waals surface area contributed by atoms with Crippen molar-refractivity contribution < 1.29 is 13.2 Å². The summed E-state index contributed by atoms with van der Waals surface area (Å²) in [6, 6.07) is 3.41. The number of nitrogens with zero attached hydrogens (tertiary/aromatic N) is 1. The highest BCUT2D eigenvalue weighted by atomic mass is 35.5. The molecule has 7 heteroatoms. The minimum atomic E-state index is -3.38. The molecule has 0 bridgehead atoms. The van der Waals surface area contributed by atoms with Crippen LogP contribution in [-0.2, 0) is 20.6 Å². The van der Waals surface area contributed by atoms with Gasteiger partial charge in [0.2, 0.25) is 0 Å². The lowest BCUT2D eigenvalue weighted by atomic mass is 10.0. The van der Waals surface area contributed by atoms with Gasteiger partial charge in [-0.1, -0.05) is 0 Å². The number of hydrogen-bond donors (Lipinski definition) is 0. The average molecular weight is 324 g/mol. The highest BCUT2D eigenvalue weighted by Crippen LogP contribution is 2.26. The van der Waals surface area contributed by atoms with Crippen LogP contribution in [0.1, 0.15) is 17.7 Å². The maximum Gasteiger partial charge on any atom is 0.252 e. The fraction of sp³-hybridized carbons (Fsp3) is 0.667. The molecule has 108 valence electrons. The zero-order chi connectivity index (χ0) is 13.9. The van der Waals surface area contributed by atoms with E-state index in [4.69, 9.17) is 16.3 Å². The Morgan fingerprint density at radius 1 is 1.42 bits per heavy atom. The highest BCUT2D eigenvalue weighted by Gasteiger charge is 2.26. The van der Waals surface area contributed by atoms with Crippen molar-refractivity contribution in [3.63, 3.8) is 0 Å². The molecule has 2 heterocycles. The number of alkyl halides is 1. The predicted octanol–water partition coefficient (Wildman–Crippen LogP) is 2.53. The number of rotatable bonds is 5. The highest BCUT2D eigenvalue weighted by molar-refractivity contribution is 7.91. The number of ether oxygens (including phenoxy) is 1. The maximum atomic E-state index is 12.4. The summed E-state index contributed by atoms with van der Waals surface area (Å²) >= 11 is 6.96. The third-order valence-corrected chi connectivity index (χ3v) is 7.11. The van der Waals surface area contributed by atoms with E-state index < -0.39 is 10.0 Å². The fourth-order valence-corrected chi connectivity index (χ4v) is 5.03. The molecule has 19 heavy (non-hydrogen) atoms. The van der Waals surface area contributed by atoms with Crippen LogP contribution < -0.4 is 0 Å². The van der Waals surface area contributed by atoms with Crippen molar-refractivity contribution >= 4 is 33.0 Å². The lowest BCUT2D eigenvalue weighted by molar-refractivity contribution is 0.0620. The molecule has 0 N–H and O–H groups in total. The van der Waals surface area contributed by atoms with E-state index in [9.17, 15) is 8.42 Å². The fourth-order valence-electron chi connectivity index (χ4n) is 2.11. The minimum Gasteiger partial charge on any atom is -0.381 e. The Hall–Kier alpha value is -0.140. The summed E-state index contributed by atoms with van der Waals surface area (Å²) < 4.78 is 31.9. The Bertz CT molecular complexity index is 509. The van der Waals surface area contributed by atoms with Crippen LogP contribution in [-0.4, -0.2) is 39.5 Å². The molecule has 0 aromatic carbocycles. The normalized spacial score (nSPS) is 18.1. The lowest BCUT2D eigenvalue weighted by Crippen LogP contribution is -2.33. The first-order chi connectivity index (χ1) is 9.04. The summed E-state index contributed by atoms with van der Waals surface area (Å²) in [4.78, 5) is 0.875. The number of thiophene rings is 1. The van der Waals surface area contributed by atoms with Crippen molar-refractivity contribution in [1.82, 2.24) is 4.31 Å². The van der Waals surface area contributed by atoms with Gasteiger partial charge in [0.25, 0.3) is 10.0 Å². The molecule has 0 spiro atoms. The van der Waals surface area contributed by atoms with Crippen LogP contribution in [0.25, 0.3) is 0 Å². The molecule has 1 saturated heterocycles. The molecule has 0 amide bonds. The van der Waals surface area contributed by atoms with Gasteiger partial charge in [0.15, 0.2) is 0 Å². The molecule has 1 aromatic heterocycles. The zero-order valence-corrected chi connectivity index (χ0v) is 13.2. The summed E-state index contributed by atoms with van der Waals surface area (Å²) in [5.41, 5.74) is 0. The van der Waals surface area contributed by atoms with Gasteiger partial charge in [-0.2, -0.15) is 4.31 Å². The third kappa shape index (κ3) is 3.70. The first-order valence-electron chi connectivity index (χ1n) is 6.23. The van der Waals surface area contributed by atoms with Gasteiger partial charge in [-0.15, -0.1) is 22.9 Å². The van der Waals surface area contributed by atoms with Crippen molar-refractivity contribution in [2.24, 2.45) is 5.92 Å². The first-order valence-corrected chi connectivity index (χ1v) is 9.02. The maximum absolute atomic E-state index is 12.4. The van der Waals surface area contributed by atoms with Gasteiger partial charge in [0.05, 0.1) is 5.88 Å². The van der Waals surface area contributed by atoms with Crippen molar-refractivity contribution in [1.29, 1.82) is 0 Å². The van der Waals surface area contributed by atoms with Crippen LogP contribution in [0.4, 0.5) is 0 Å². The molecule has 1 aliphatic rings. The zero-order valence-electron chi connectivity index (χ0n) is 10.8. The van der Waals surface area contributed by atoms with Gasteiger partial charge in [-0.05, 0) is 30.9 Å². The molecule has 1 aliphatic heterocycles. The van der Waals surface area contributed by atoms with E-state index in [2.05, 4.69) is 0 Å². The number of sulfonamides is 1. The van der Waals surface area contributed by atoms with Crippen LogP contribution in [0.3, 0.4) is 0 Å². The minimum absolute atomic E-state index is 0.351. The quantitative estimate of drug-likeness (QED) is 0.782. The lowest BCUT2D eigenvalue weighted by Gasteiger charge is -2.26. The number of hydrogen-bond acceptors (Lipinski definition) is 4. The third-order valence-electron chi connectivity index (χ3n) is 3.29. The van der Waals surface area contributed by atoms with Crippen LogP contribution in [0.15, 0.2) is 16.3 Å². The Balaban J connectivity index is 2.05. The second-order valence-electron chi connectivity index (χ2n) is 4.70. The summed E-state index contributed by atoms with van der Waals surface area (Å²) in [6.45, 7) is 2.02. The first kappa shape index (κ1) is 15.3. The van der Waals surface area contributed by atoms with E-state index in [-0.39, 0.29) is 0 Å². The van der Waals surface area contributed by atoms with Crippen LogP contribution in [0, 0.1) is 5.92 Å². The van der Waals surface area contributed by atoms with Gasteiger partial charge >= 0.3 is 0 Å². The summed E-state index contributed by atoms with van der Waals surface area (Å²) in [6.07, 6.45) is 1.86. The molecule has 2 rings (SSSR count). The monoisotopic (exact) mass is 323 g/mol. The molecule has 0 saturated carbocycles. The van der Waals surface area contributed by atoms with E-state index in [1.807, 2.05) is 0 Å². The van der Waals surface area contributed by atoms with E-state index in [0.29, 0.717) is 22.6 Å². The molecule has 0 aliphatic carbocycles. The summed E-state index contributed by atoms with van der Waals surface area (Å²) in [7, 11) is -1.73. The van der Waals surface area contributed by atoms with Crippen molar-refractivity contribution in [2.75, 3.05) is 26.8 Å².